The first-order valence-electron chi connectivity index (χ1n) is 7.03. The van der Waals surface area contributed by atoms with Gasteiger partial charge in [-0.25, -0.2) is 0 Å². The molecule has 4 nitrogen and oxygen atoms in total. The second kappa shape index (κ2) is 7.81. The maximum absolute atomic E-state index is 11.1. The summed E-state index contributed by atoms with van der Waals surface area (Å²) in [6, 6.07) is 5.29. The molecule has 20 heavy (non-hydrogen) atoms. The zero-order valence-corrected chi connectivity index (χ0v) is 14.6. The molecule has 0 spiro atoms. The van der Waals surface area contributed by atoms with E-state index in [-0.39, 0.29) is 16.0 Å². The van der Waals surface area contributed by atoms with Crippen molar-refractivity contribution in [1.82, 2.24) is 0 Å². The maximum atomic E-state index is 11.1. The summed E-state index contributed by atoms with van der Waals surface area (Å²) in [7, 11) is 0. The number of hydrogen-bond donors (Lipinski definition) is 1. The lowest BCUT2D eigenvalue weighted by Gasteiger charge is -2.25. The van der Waals surface area contributed by atoms with Gasteiger partial charge in [0.1, 0.15) is 5.69 Å². The fourth-order valence-corrected chi connectivity index (χ4v) is 2.56. The summed E-state index contributed by atoms with van der Waals surface area (Å²) in [6.07, 6.45) is 4.80. The van der Waals surface area contributed by atoms with E-state index in [0.29, 0.717) is 5.69 Å². The molecule has 0 heterocycles. The molecule has 1 aromatic carbocycles. The molecule has 1 rings (SSSR count). The van der Waals surface area contributed by atoms with Gasteiger partial charge in [0.05, 0.1) is 4.92 Å². The van der Waals surface area contributed by atoms with E-state index >= 15 is 0 Å². The van der Waals surface area contributed by atoms with Gasteiger partial charge in [0.25, 0.3) is 5.69 Å². The Morgan fingerprint density at radius 2 is 2.05 bits per heavy atom. The molecular formula is C15H23IN2O2. The predicted molar refractivity (Wildman–Crippen MR) is 92.2 cm³/mol. The monoisotopic (exact) mass is 390 g/mol. The molecule has 0 aliphatic rings. The second-order valence-electron chi connectivity index (χ2n) is 5.89. The molecule has 0 unspecified atom stereocenters. The molecule has 0 saturated heterocycles. The number of hydrogen-bond acceptors (Lipinski definition) is 3. The first kappa shape index (κ1) is 17.2. The third kappa shape index (κ3) is 5.64. The lowest BCUT2D eigenvalue weighted by molar-refractivity contribution is -0.384. The van der Waals surface area contributed by atoms with Crippen LogP contribution in [0, 0.1) is 19.1 Å². The molecule has 0 bridgehead atoms. The number of rotatable bonds is 8. The van der Waals surface area contributed by atoms with Crippen molar-refractivity contribution >= 4 is 34.0 Å². The lowest BCUT2D eigenvalue weighted by Crippen LogP contribution is -2.23. The highest BCUT2D eigenvalue weighted by atomic mass is 127. The van der Waals surface area contributed by atoms with Crippen molar-refractivity contribution in [2.75, 3.05) is 11.9 Å². The van der Waals surface area contributed by atoms with Crippen molar-refractivity contribution < 1.29 is 4.92 Å². The minimum Gasteiger partial charge on any atom is -0.379 e. The van der Waals surface area contributed by atoms with Crippen LogP contribution in [0.1, 0.15) is 46.5 Å². The van der Waals surface area contributed by atoms with Crippen LogP contribution in [0.2, 0.25) is 0 Å². The van der Waals surface area contributed by atoms with Crippen molar-refractivity contribution in [3.8, 4) is 0 Å². The fourth-order valence-electron chi connectivity index (χ4n) is 2.08. The van der Waals surface area contributed by atoms with Gasteiger partial charge in [-0.2, -0.15) is 0 Å². The van der Waals surface area contributed by atoms with Crippen molar-refractivity contribution in [2.24, 2.45) is 5.41 Å². The van der Waals surface area contributed by atoms with Gasteiger partial charge in [-0.15, -0.1) is 0 Å². The summed E-state index contributed by atoms with van der Waals surface area (Å²) in [4.78, 5) is 10.7. The zero-order valence-electron chi connectivity index (χ0n) is 12.4. The Morgan fingerprint density at radius 1 is 1.35 bits per heavy atom. The highest BCUT2D eigenvalue weighted by Crippen LogP contribution is 2.29. The van der Waals surface area contributed by atoms with Crippen LogP contribution in [0.5, 0.6) is 0 Å². The van der Waals surface area contributed by atoms with Gasteiger partial charge in [0, 0.05) is 16.2 Å². The normalized spacial score (nSPS) is 11.4. The van der Waals surface area contributed by atoms with Crippen LogP contribution in [0.4, 0.5) is 11.4 Å². The average molecular weight is 390 g/mol. The molecule has 0 aromatic heterocycles. The summed E-state index contributed by atoms with van der Waals surface area (Å²) in [6.45, 7) is 7.35. The number of benzene rings is 1. The predicted octanol–water partition coefficient (Wildman–Crippen LogP) is 5.22. The van der Waals surface area contributed by atoms with Gasteiger partial charge in [0.2, 0.25) is 0 Å². The molecule has 0 amide bonds. The molecule has 0 saturated carbocycles. The summed E-state index contributed by atoms with van der Waals surface area (Å²) in [5.74, 6) is 0. The molecule has 0 aliphatic carbocycles. The Kier molecular flexibility index (Phi) is 6.71. The zero-order chi connectivity index (χ0) is 15.2. The molecule has 0 radical (unpaired) electrons. The summed E-state index contributed by atoms with van der Waals surface area (Å²) < 4.78 is 0.877. The van der Waals surface area contributed by atoms with Crippen LogP contribution in [-0.2, 0) is 0 Å². The maximum Gasteiger partial charge on any atom is 0.293 e. The average Bonchev–Trinajstić information content (AvgIpc) is 2.37. The van der Waals surface area contributed by atoms with Crippen LogP contribution in [0.3, 0.4) is 0 Å². The Bertz CT molecular complexity index is 461. The molecule has 1 aromatic rings. The molecular weight excluding hydrogens is 367 g/mol. The molecule has 0 fully saturated rings. The minimum atomic E-state index is -0.325. The number of nitro benzene ring substituents is 1. The number of nitro groups is 1. The summed E-state index contributed by atoms with van der Waals surface area (Å²) in [5.41, 5.74) is 0.909. The van der Waals surface area contributed by atoms with Gasteiger partial charge < -0.3 is 5.32 Å². The van der Waals surface area contributed by atoms with Crippen molar-refractivity contribution in [2.45, 2.75) is 46.5 Å². The number of nitrogens with one attached hydrogen (secondary N) is 1. The van der Waals surface area contributed by atoms with Gasteiger partial charge in [-0.05, 0) is 46.6 Å². The third-order valence-electron chi connectivity index (χ3n) is 3.37. The highest BCUT2D eigenvalue weighted by Gasteiger charge is 2.20. The highest BCUT2D eigenvalue weighted by molar-refractivity contribution is 14.1. The Balaban J connectivity index is 2.67. The van der Waals surface area contributed by atoms with Gasteiger partial charge in [-0.3, -0.25) is 10.1 Å². The smallest absolute Gasteiger partial charge is 0.293 e. The van der Waals surface area contributed by atoms with E-state index < -0.39 is 0 Å². The standard InChI is InChI=1S/C15H23IN2O2/c1-4-5-6-9-15(2,3)11-17-13-8-7-12(16)10-14(13)18(19)20/h7-8,10,17H,4-6,9,11H2,1-3H3. The van der Waals surface area contributed by atoms with Crippen LogP contribution < -0.4 is 5.32 Å². The first-order chi connectivity index (χ1) is 9.35. The SMILES string of the molecule is CCCCCC(C)(C)CNc1ccc(I)cc1[N+](=O)[O-]. The van der Waals surface area contributed by atoms with E-state index in [1.165, 1.54) is 19.3 Å². The lowest BCUT2D eigenvalue weighted by atomic mass is 9.87. The number of anilines is 1. The third-order valence-corrected chi connectivity index (χ3v) is 4.04. The van der Waals surface area contributed by atoms with Crippen molar-refractivity contribution in [3.05, 3.63) is 31.9 Å². The van der Waals surface area contributed by atoms with E-state index in [9.17, 15) is 10.1 Å². The quantitative estimate of drug-likeness (QED) is 0.287. The molecule has 112 valence electrons. The molecule has 0 atom stereocenters. The van der Waals surface area contributed by atoms with Crippen LogP contribution in [-0.4, -0.2) is 11.5 Å². The Morgan fingerprint density at radius 3 is 2.65 bits per heavy atom. The molecule has 0 aliphatic heterocycles. The first-order valence-corrected chi connectivity index (χ1v) is 8.11. The van der Waals surface area contributed by atoms with Crippen LogP contribution in [0.25, 0.3) is 0 Å². The van der Waals surface area contributed by atoms with Gasteiger partial charge in [-0.1, -0.05) is 40.0 Å². The number of nitrogens with zero attached hydrogens (tertiary/aromatic N) is 1. The fraction of sp³-hybridized carbons (Fsp3) is 0.600. The Labute approximate surface area is 134 Å². The van der Waals surface area contributed by atoms with Crippen LogP contribution >= 0.6 is 22.6 Å². The van der Waals surface area contributed by atoms with Gasteiger partial charge in [0.15, 0.2) is 0 Å². The van der Waals surface area contributed by atoms with E-state index in [1.807, 2.05) is 6.07 Å². The van der Waals surface area contributed by atoms with E-state index in [0.717, 1.165) is 16.5 Å². The van der Waals surface area contributed by atoms with Gasteiger partial charge >= 0.3 is 0 Å². The minimum absolute atomic E-state index is 0.145. The van der Waals surface area contributed by atoms with Crippen molar-refractivity contribution in [1.29, 1.82) is 0 Å². The largest absolute Gasteiger partial charge is 0.379 e. The molecule has 5 heteroatoms. The van der Waals surface area contributed by atoms with E-state index in [1.54, 1.807) is 12.1 Å². The topological polar surface area (TPSA) is 55.2 Å². The summed E-state index contributed by atoms with van der Waals surface area (Å²) >= 11 is 2.09. The number of halogens is 1. The summed E-state index contributed by atoms with van der Waals surface area (Å²) in [5, 5.41) is 14.3. The molecule has 1 N–H and O–H groups in total. The second-order valence-corrected chi connectivity index (χ2v) is 7.14. The number of unbranched alkanes of at least 4 members (excludes halogenated alkanes) is 2. The van der Waals surface area contributed by atoms with Crippen molar-refractivity contribution in [3.63, 3.8) is 0 Å². The van der Waals surface area contributed by atoms with E-state index in [2.05, 4.69) is 48.7 Å². The van der Waals surface area contributed by atoms with Crippen LogP contribution in [0.15, 0.2) is 18.2 Å². The van der Waals surface area contributed by atoms with E-state index in [4.69, 9.17) is 0 Å². The Hall–Kier alpha value is -0.850.